The van der Waals surface area contributed by atoms with Crippen LogP contribution in [0.1, 0.15) is 36.8 Å². The maximum Gasteiger partial charge on any atom is 0.391 e. The van der Waals surface area contributed by atoms with Crippen molar-refractivity contribution in [2.24, 2.45) is 5.92 Å². The highest BCUT2D eigenvalue weighted by Gasteiger charge is 2.45. The molecule has 5 heteroatoms. The molecule has 1 N–H and O–H groups in total. The molecule has 0 aliphatic heterocycles. The molecule has 20 heavy (non-hydrogen) atoms. The van der Waals surface area contributed by atoms with Crippen molar-refractivity contribution in [1.29, 1.82) is 0 Å². The van der Waals surface area contributed by atoms with E-state index in [4.69, 9.17) is 11.6 Å². The maximum absolute atomic E-state index is 12.6. The summed E-state index contributed by atoms with van der Waals surface area (Å²) in [5.41, 5.74) is 0.748. The Labute approximate surface area is 121 Å². The molecule has 0 saturated heterocycles. The lowest BCUT2D eigenvalue weighted by molar-refractivity contribution is -0.192. The number of rotatable bonds is 2. The Bertz CT molecular complexity index is 476. The van der Waals surface area contributed by atoms with Gasteiger partial charge in [-0.3, -0.25) is 0 Å². The molecule has 0 atom stereocenters. The van der Waals surface area contributed by atoms with Crippen LogP contribution in [-0.2, 0) is 6.42 Å². The minimum absolute atomic E-state index is 0.0104. The molecule has 0 radical (unpaired) electrons. The van der Waals surface area contributed by atoms with Crippen LogP contribution in [0.2, 0.25) is 5.02 Å². The third kappa shape index (κ3) is 3.67. The van der Waals surface area contributed by atoms with Gasteiger partial charge >= 0.3 is 6.18 Å². The molecule has 1 saturated carbocycles. The molecule has 1 fully saturated rings. The summed E-state index contributed by atoms with van der Waals surface area (Å²) in [6, 6.07) is 5.54. The van der Waals surface area contributed by atoms with Gasteiger partial charge in [-0.15, -0.1) is 0 Å². The fraction of sp³-hybridized carbons (Fsp3) is 0.600. The van der Waals surface area contributed by atoms with E-state index in [9.17, 15) is 18.3 Å². The zero-order valence-corrected chi connectivity index (χ0v) is 12.1. The maximum atomic E-state index is 12.6. The molecule has 1 aliphatic rings. The molecular weight excluding hydrogens is 289 g/mol. The van der Waals surface area contributed by atoms with Crippen LogP contribution in [-0.4, -0.2) is 16.9 Å². The van der Waals surface area contributed by atoms with Gasteiger partial charge in [-0.2, -0.15) is 13.2 Å². The molecule has 0 heterocycles. The molecule has 0 unspecified atom stereocenters. The first-order valence-corrected chi connectivity index (χ1v) is 7.11. The topological polar surface area (TPSA) is 20.2 Å². The molecule has 0 bridgehead atoms. The Kier molecular flexibility index (Phi) is 4.35. The van der Waals surface area contributed by atoms with Crippen LogP contribution in [0.25, 0.3) is 0 Å². The lowest BCUT2D eigenvalue weighted by Crippen LogP contribution is -2.39. The molecular formula is C15H18ClF3O. The van der Waals surface area contributed by atoms with Crippen LogP contribution >= 0.6 is 11.6 Å². The average Bonchev–Trinajstić information content (AvgIpc) is 2.32. The van der Waals surface area contributed by atoms with Crippen LogP contribution in [0.4, 0.5) is 13.2 Å². The largest absolute Gasteiger partial charge is 0.391 e. The van der Waals surface area contributed by atoms with Crippen LogP contribution in [0.5, 0.6) is 0 Å². The fourth-order valence-corrected chi connectivity index (χ4v) is 3.11. The number of benzene rings is 1. The second-order valence-electron chi connectivity index (χ2n) is 5.81. The van der Waals surface area contributed by atoms with Crippen LogP contribution in [0.15, 0.2) is 18.2 Å². The van der Waals surface area contributed by atoms with Gasteiger partial charge in [-0.1, -0.05) is 23.7 Å². The minimum Gasteiger partial charge on any atom is -0.390 e. The Morgan fingerprint density at radius 3 is 2.40 bits per heavy atom. The summed E-state index contributed by atoms with van der Waals surface area (Å²) >= 11 is 6.12. The zero-order chi connectivity index (χ0) is 15.0. The number of hydrogen-bond acceptors (Lipinski definition) is 1. The standard InChI is InChI=1S/C15H18ClF3O/c1-10-2-3-11(13(16)8-10)9-14(20)6-4-12(5-7-14)15(17,18)19/h2-3,8,12,20H,4-7,9H2,1H3. The molecule has 112 valence electrons. The highest BCUT2D eigenvalue weighted by Crippen LogP contribution is 2.42. The Balaban J connectivity index is 2.03. The Morgan fingerprint density at radius 2 is 1.90 bits per heavy atom. The molecule has 1 aromatic rings. The van der Waals surface area contributed by atoms with Crippen molar-refractivity contribution < 1.29 is 18.3 Å². The molecule has 0 amide bonds. The number of halogens is 4. The number of aliphatic hydroxyl groups is 1. The third-order valence-electron chi connectivity index (χ3n) is 4.11. The van der Waals surface area contributed by atoms with E-state index in [0.29, 0.717) is 11.4 Å². The van der Waals surface area contributed by atoms with Crippen molar-refractivity contribution in [1.82, 2.24) is 0 Å². The Morgan fingerprint density at radius 1 is 1.30 bits per heavy atom. The Hall–Kier alpha value is -0.740. The first-order chi connectivity index (χ1) is 9.20. The fourth-order valence-electron chi connectivity index (χ4n) is 2.81. The lowest BCUT2D eigenvalue weighted by atomic mass is 9.75. The van der Waals surface area contributed by atoms with E-state index in [-0.39, 0.29) is 25.7 Å². The van der Waals surface area contributed by atoms with E-state index in [0.717, 1.165) is 11.1 Å². The molecule has 1 aliphatic carbocycles. The van der Waals surface area contributed by atoms with Gasteiger partial charge in [0.25, 0.3) is 0 Å². The van der Waals surface area contributed by atoms with E-state index >= 15 is 0 Å². The summed E-state index contributed by atoms with van der Waals surface area (Å²) in [7, 11) is 0. The van der Waals surface area contributed by atoms with E-state index in [2.05, 4.69) is 0 Å². The van der Waals surface area contributed by atoms with Crippen molar-refractivity contribution in [2.75, 3.05) is 0 Å². The highest BCUT2D eigenvalue weighted by atomic mass is 35.5. The lowest BCUT2D eigenvalue weighted by Gasteiger charge is -2.37. The van der Waals surface area contributed by atoms with Gasteiger partial charge in [0.2, 0.25) is 0 Å². The normalized spacial score (nSPS) is 27.6. The summed E-state index contributed by atoms with van der Waals surface area (Å²) in [5, 5.41) is 11.0. The highest BCUT2D eigenvalue weighted by molar-refractivity contribution is 6.31. The zero-order valence-electron chi connectivity index (χ0n) is 11.3. The third-order valence-corrected chi connectivity index (χ3v) is 4.46. The number of aryl methyl sites for hydroxylation is 1. The second kappa shape index (κ2) is 5.57. The van der Waals surface area contributed by atoms with Crippen LogP contribution in [0.3, 0.4) is 0 Å². The van der Waals surface area contributed by atoms with Gasteiger partial charge in [0, 0.05) is 11.4 Å². The van der Waals surface area contributed by atoms with E-state index < -0.39 is 17.7 Å². The first kappa shape index (κ1) is 15.6. The molecule has 0 aromatic heterocycles. The van der Waals surface area contributed by atoms with Gasteiger partial charge in [0.1, 0.15) is 0 Å². The van der Waals surface area contributed by atoms with Crippen molar-refractivity contribution in [3.05, 3.63) is 34.3 Å². The van der Waals surface area contributed by atoms with E-state index in [1.54, 1.807) is 0 Å². The SMILES string of the molecule is Cc1ccc(CC2(O)CCC(C(F)(F)F)CC2)c(Cl)c1. The van der Waals surface area contributed by atoms with Crippen molar-refractivity contribution in [3.63, 3.8) is 0 Å². The first-order valence-electron chi connectivity index (χ1n) is 6.74. The summed E-state index contributed by atoms with van der Waals surface area (Å²) < 4.78 is 37.9. The van der Waals surface area contributed by atoms with E-state index in [1.165, 1.54) is 0 Å². The summed E-state index contributed by atoms with van der Waals surface area (Å²) in [4.78, 5) is 0. The predicted molar refractivity (Wildman–Crippen MR) is 72.9 cm³/mol. The average molecular weight is 307 g/mol. The van der Waals surface area contributed by atoms with Gasteiger partial charge in [-0.05, 0) is 49.8 Å². The minimum atomic E-state index is -4.15. The summed E-state index contributed by atoms with van der Waals surface area (Å²) in [6.45, 7) is 1.92. The van der Waals surface area contributed by atoms with Gasteiger partial charge in [0.05, 0.1) is 11.5 Å². The summed E-state index contributed by atoms with van der Waals surface area (Å²) in [5.74, 6) is -1.28. The monoisotopic (exact) mass is 306 g/mol. The van der Waals surface area contributed by atoms with Crippen molar-refractivity contribution >= 4 is 11.6 Å². The molecule has 0 spiro atoms. The smallest absolute Gasteiger partial charge is 0.390 e. The summed E-state index contributed by atoms with van der Waals surface area (Å²) in [6.07, 6.45) is -3.52. The van der Waals surface area contributed by atoms with Crippen molar-refractivity contribution in [2.45, 2.75) is 50.8 Å². The van der Waals surface area contributed by atoms with E-state index in [1.807, 2.05) is 25.1 Å². The van der Waals surface area contributed by atoms with Gasteiger partial charge in [0.15, 0.2) is 0 Å². The number of hydrogen-bond donors (Lipinski definition) is 1. The van der Waals surface area contributed by atoms with Gasteiger partial charge < -0.3 is 5.11 Å². The molecule has 1 nitrogen and oxygen atoms in total. The predicted octanol–water partition coefficient (Wildman–Crippen LogP) is 4.67. The van der Waals surface area contributed by atoms with Crippen LogP contribution < -0.4 is 0 Å². The van der Waals surface area contributed by atoms with Crippen LogP contribution in [0, 0.1) is 12.8 Å². The molecule has 2 rings (SSSR count). The van der Waals surface area contributed by atoms with Gasteiger partial charge in [-0.25, -0.2) is 0 Å². The van der Waals surface area contributed by atoms with Crippen molar-refractivity contribution in [3.8, 4) is 0 Å². The molecule has 1 aromatic carbocycles. The number of alkyl halides is 3. The quantitative estimate of drug-likeness (QED) is 0.841. The second-order valence-corrected chi connectivity index (χ2v) is 6.22.